The molecule has 0 amide bonds. The third-order valence-corrected chi connectivity index (χ3v) is 1.94. The summed E-state index contributed by atoms with van der Waals surface area (Å²) in [6.45, 7) is 1.62. The van der Waals surface area contributed by atoms with Crippen molar-refractivity contribution in [2.45, 2.75) is 13.5 Å². The van der Waals surface area contributed by atoms with Gasteiger partial charge >= 0.3 is 0 Å². The highest BCUT2D eigenvalue weighted by Crippen LogP contribution is 2.32. The van der Waals surface area contributed by atoms with Gasteiger partial charge < -0.3 is 15.1 Å². The number of phenols is 1. The average molecular weight is 201 g/mol. The van der Waals surface area contributed by atoms with E-state index in [-0.39, 0.29) is 12.3 Å². The van der Waals surface area contributed by atoms with Gasteiger partial charge in [0, 0.05) is 12.1 Å². The molecule has 0 fully saturated rings. The molecule has 1 aromatic rings. The van der Waals surface area contributed by atoms with E-state index in [0.29, 0.717) is 11.1 Å². The summed E-state index contributed by atoms with van der Waals surface area (Å²) in [5.41, 5.74) is 2.75. The van der Waals surface area contributed by atoms with Crippen LogP contribution < -0.4 is 10.2 Å². The van der Waals surface area contributed by atoms with Crippen molar-refractivity contribution in [2.75, 3.05) is 7.11 Å². The molecule has 0 saturated carbocycles. The maximum atomic E-state index is 13.4. The third kappa shape index (κ3) is 1.78. The fourth-order valence-electron chi connectivity index (χ4n) is 1.25. The number of nitrogens with one attached hydrogen (secondary N) is 1. The number of hydroxylamine groups is 1. The van der Waals surface area contributed by atoms with Crippen molar-refractivity contribution in [3.63, 3.8) is 0 Å². The molecule has 0 radical (unpaired) electrons. The minimum Gasteiger partial charge on any atom is -0.505 e. The standard InChI is InChI=1S/C9H12FNO3/c1-5-3-6(4-11-13)9(14-2)7(10)8(5)12/h3,11-13H,4H2,1-2H3. The van der Waals surface area contributed by atoms with E-state index in [1.807, 2.05) is 5.48 Å². The van der Waals surface area contributed by atoms with Gasteiger partial charge in [-0.15, -0.1) is 0 Å². The first-order valence-corrected chi connectivity index (χ1v) is 4.03. The monoisotopic (exact) mass is 201 g/mol. The van der Waals surface area contributed by atoms with Gasteiger partial charge in [0.2, 0.25) is 5.82 Å². The molecule has 0 aliphatic carbocycles. The Balaban J connectivity index is 3.28. The zero-order valence-corrected chi connectivity index (χ0v) is 7.97. The lowest BCUT2D eigenvalue weighted by Crippen LogP contribution is -2.09. The highest BCUT2D eigenvalue weighted by molar-refractivity contribution is 5.46. The smallest absolute Gasteiger partial charge is 0.207 e. The number of halogens is 1. The maximum absolute atomic E-state index is 13.4. The molecule has 0 aromatic heterocycles. The van der Waals surface area contributed by atoms with Crippen molar-refractivity contribution in [1.82, 2.24) is 5.48 Å². The Bertz CT molecular complexity index is 341. The van der Waals surface area contributed by atoms with Gasteiger partial charge in [0.25, 0.3) is 0 Å². The first-order valence-electron chi connectivity index (χ1n) is 4.03. The van der Waals surface area contributed by atoms with Gasteiger partial charge in [0.15, 0.2) is 11.5 Å². The lowest BCUT2D eigenvalue weighted by molar-refractivity contribution is 0.159. The molecule has 4 nitrogen and oxygen atoms in total. The average Bonchev–Trinajstić information content (AvgIpc) is 2.16. The van der Waals surface area contributed by atoms with Crippen molar-refractivity contribution in [3.05, 3.63) is 23.0 Å². The van der Waals surface area contributed by atoms with Crippen LogP contribution in [0.4, 0.5) is 4.39 Å². The molecule has 14 heavy (non-hydrogen) atoms. The Labute approximate surface area is 80.9 Å². The fourth-order valence-corrected chi connectivity index (χ4v) is 1.25. The van der Waals surface area contributed by atoms with Crippen molar-refractivity contribution in [1.29, 1.82) is 0 Å². The number of methoxy groups -OCH3 is 1. The Morgan fingerprint density at radius 1 is 1.57 bits per heavy atom. The number of benzene rings is 1. The normalized spacial score (nSPS) is 10.3. The van der Waals surface area contributed by atoms with Gasteiger partial charge in [-0.3, -0.25) is 0 Å². The van der Waals surface area contributed by atoms with Crippen LogP contribution in [0.3, 0.4) is 0 Å². The number of rotatable bonds is 3. The predicted octanol–water partition coefficient (Wildman–Crippen LogP) is 1.33. The molecule has 5 heteroatoms. The van der Waals surface area contributed by atoms with Gasteiger partial charge in [0.05, 0.1) is 7.11 Å². The molecule has 0 spiro atoms. The van der Waals surface area contributed by atoms with Crippen LogP contribution in [0.2, 0.25) is 0 Å². The quantitative estimate of drug-likeness (QED) is 0.645. The highest BCUT2D eigenvalue weighted by Gasteiger charge is 2.15. The van der Waals surface area contributed by atoms with Gasteiger partial charge in [-0.2, -0.15) is 4.39 Å². The number of phenolic OH excluding ortho intramolecular Hbond substituents is 1. The number of hydrogen-bond acceptors (Lipinski definition) is 4. The van der Waals surface area contributed by atoms with E-state index in [0.717, 1.165) is 0 Å². The Kier molecular flexibility index (Phi) is 3.27. The van der Waals surface area contributed by atoms with Crippen molar-refractivity contribution >= 4 is 0 Å². The van der Waals surface area contributed by atoms with E-state index in [1.165, 1.54) is 7.11 Å². The molecule has 0 aliphatic heterocycles. The summed E-state index contributed by atoms with van der Waals surface area (Å²) in [5, 5.41) is 17.8. The van der Waals surface area contributed by atoms with Crippen LogP contribution in [0, 0.1) is 12.7 Å². The minimum absolute atomic E-state index is 0.0568. The second-order valence-corrected chi connectivity index (χ2v) is 2.88. The van der Waals surface area contributed by atoms with E-state index >= 15 is 0 Å². The van der Waals surface area contributed by atoms with Gasteiger partial charge in [-0.05, 0) is 18.6 Å². The van der Waals surface area contributed by atoms with Crippen LogP contribution in [0.25, 0.3) is 0 Å². The fraction of sp³-hybridized carbons (Fsp3) is 0.333. The highest BCUT2D eigenvalue weighted by atomic mass is 19.1. The predicted molar refractivity (Wildman–Crippen MR) is 48.0 cm³/mol. The SMILES string of the molecule is COc1c(CNO)cc(C)c(O)c1F. The summed E-state index contributed by atoms with van der Waals surface area (Å²) in [5.74, 6) is -1.30. The van der Waals surface area contributed by atoms with E-state index < -0.39 is 11.6 Å². The zero-order valence-electron chi connectivity index (χ0n) is 7.97. The molecule has 0 heterocycles. The summed E-state index contributed by atoms with van der Waals surface area (Å²) < 4.78 is 18.1. The van der Waals surface area contributed by atoms with Crippen LogP contribution >= 0.6 is 0 Å². The van der Waals surface area contributed by atoms with Gasteiger partial charge in [-0.1, -0.05) is 0 Å². The Morgan fingerprint density at radius 2 is 2.21 bits per heavy atom. The third-order valence-electron chi connectivity index (χ3n) is 1.94. The Hall–Kier alpha value is -1.33. The molecule has 0 atom stereocenters. The molecular weight excluding hydrogens is 189 g/mol. The lowest BCUT2D eigenvalue weighted by atomic mass is 10.1. The molecule has 0 bridgehead atoms. The molecule has 1 rings (SSSR count). The van der Waals surface area contributed by atoms with Crippen LogP contribution in [0.5, 0.6) is 11.5 Å². The minimum atomic E-state index is -0.808. The van der Waals surface area contributed by atoms with Crippen molar-refractivity contribution in [2.24, 2.45) is 0 Å². The zero-order chi connectivity index (χ0) is 10.7. The number of aryl methyl sites for hydroxylation is 1. The largest absolute Gasteiger partial charge is 0.505 e. The van der Waals surface area contributed by atoms with E-state index in [9.17, 15) is 9.50 Å². The molecule has 0 saturated heterocycles. The summed E-state index contributed by atoms with van der Waals surface area (Å²) >= 11 is 0. The van der Waals surface area contributed by atoms with E-state index in [2.05, 4.69) is 0 Å². The molecule has 78 valence electrons. The molecule has 0 unspecified atom stereocenters. The second-order valence-electron chi connectivity index (χ2n) is 2.88. The van der Waals surface area contributed by atoms with Crippen LogP contribution in [0.15, 0.2) is 6.07 Å². The first kappa shape index (κ1) is 10.7. The van der Waals surface area contributed by atoms with E-state index in [1.54, 1.807) is 13.0 Å². The van der Waals surface area contributed by atoms with Gasteiger partial charge in [-0.25, -0.2) is 5.48 Å². The molecule has 0 aliphatic rings. The van der Waals surface area contributed by atoms with Crippen molar-refractivity contribution < 1.29 is 19.4 Å². The first-order chi connectivity index (χ1) is 6.61. The van der Waals surface area contributed by atoms with E-state index in [4.69, 9.17) is 9.94 Å². The summed E-state index contributed by atoms with van der Waals surface area (Å²) in [6, 6.07) is 1.54. The lowest BCUT2D eigenvalue weighted by Gasteiger charge is -2.11. The summed E-state index contributed by atoms with van der Waals surface area (Å²) in [7, 11) is 1.30. The molecule has 1 aromatic carbocycles. The Morgan fingerprint density at radius 3 is 2.71 bits per heavy atom. The molecule has 3 N–H and O–H groups in total. The second kappa shape index (κ2) is 4.26. The summed E-state index contributed by atoms with van der Waals surface area (Å²) in [6.07, 6.45) is 0. The van der Waals surface area contributed by atoms with Crippen LogP contribution in [-0.4, -0.2) is 17.4 Å². The summed E-state index contributed by atoms with van der Waals surface area (Å²) in [4.78, 5) is 0. The van der Waals surface area contributed by atoms with Crippen molar-refractivity contribution in [3.8, 4) is 11.5 Å². The number of ether oxygens (including phenoxy) is 1. The topological polar surface area (TPSA) is 61.7 Å². The molecular formula is C9H12FNO3. The maximum Gasteiger partial charge on any atom is 0.207 e. The number of hydrogen-bond donors (Lipinski definition) is 3. The van der Waals surface area contributed by atoms with Crippen LogP contribution in [0.1, 0.15) is 11.1 Å². The van der Waals surface area contributed by atoms with Crippen LogP contribution in [-0.2, 0) is 6.54 Å². The number of aromatic hydroxyl groups is 1. The van der Waals surface area contributed by atoms with Gasteiger partial charge in [0.1, 0.15) is 0 Å².